The van der Waals surface area contributed by atoms with Crippen LogP contribution in [0, 0.1) is 29.6 Å². The number of fused-ring (bicyclic) bond motifs is 1. The second kappa shape index (κ2) is 10.4. The van der Waals surface area contributed by atoms with Crippen molar-refractivity contribution in [2.45, 2.75) is 90.7 Å². The lowest BCUT2D eigenvalue weighted by Gasteiger charge is -2.41. The van der Waals surface area contributed by atoms with Crippen LogP contribution < -0.4 is 5.73 Å². The Labute approximate surface area is 211 Å². The predicted molar refractivity (Wildman–Crippen MR) is 127 cm³/mol. The second-order valence-corrected chi connectivity index (χ2v) is 10.9. The molecule has 0 spiro atoms. The van der Waals surface area contributed by atoms with Crippen LogP contribution in [0.2, 0.25) is 0 Å². The summed E-state index contributed by atoms with van der Waals surface area (Å²) < 4.78 is 32.5. The van der Waals surface area contributed by atoms with E-state index >= 15 is 4.39 Å². The zero-order chi connectivity index (χ0) is 27.8. The van der Waals surface area contributed by atoms with Gasteiger partial charge in [0.25, 0.3) is 5.67 Å². The number of amidine groups is 1. The minimum absolute atomic E-state index is 0.0633. The highest BCUT2D eigenvalue weighted by Gasteiger charge is 2.63. The zero-order valence-electron chi connectivity index (χ0n) is 22.3. The largest absolute Gasteiger partial charge is 0.455 e. The Morgan fingerprint density at radius 3 is 2.19 bits per heavy atom. The van der Waals surface area contributed by atoms with Crippen molar-refractivity contribution in [3.8, 4) is 0 Å². The van der Waals surface area contributed by atoms with E-state index in [4.69, 9.17) is 19.9 Å². The van der Waals surface area contributed by atoms with Crippen molar-refractivity contribution in [2.24, 2.45) is 40.5 Å². The van der Waals surface area contributed by atoms with Gasteiger partial charge in [0.15, 0.2) is 17.2 Å². The fourth-order valence-corrected chi connectivity index (χ4v) is 6.03. The lowest BCUT2D eigenvalue weighted by atomic mass is 9.67. The molecule has 0 aliphatic carbocycles. The fraction of sp³-hybridized carbons (Fsp3) is 0.800. The van der Waals surface area contributed by atoms with Crippen molar-refractivity contribution in [1.29, 1.82) is 0 Å². The van der Waals surface area contributed by atoms with Crippen LogP contribution in [-0.4, -0.2) is 64.6 Å². The number of ether oxygens (including phenoxy) is 3. The SMILES string of the molecule is CCC1OC(=O)C(C)(F)C(=O)C(C)CC(C)(OC)CC(C)C(=O)C(C)C2C(C(N)=NO)C(=O)OC12C. The van der Waals surface area contributed by atoms with Gasteiger partial charge in [0.2, 0.25) is 0 Å². The molecule has 0 aromatic heterocycles. The van der Waals surface area contributed by atoms with Gasteiger partial charge in [0, 0.05) is 30.8 Å². The molecular formula is C25H39FN2O8. The van der Waals surface area contributed by atoms with Crippen molar-refractivity contribution >= 4 is 29.3 Å². The Hall–Kier alpha value is -2.56. The molecule has 2 fully saturated rings. The Balaban J connectivity index is 2.73. The molecule has 3 N–H and O–H groups in total. The number of rotatable bonds is 3. The van der Waals surface area contributed by atoms with Gasteiger partial charge in [-0.1, -0.05) is 32.9 Å². The number of oxime groups is 1. The standard InChI is InChI=1S/C25H39FN2O8/c1-9-15-25(7)17(16(20(27)28-33)21(31)36-25)14(4)18(29)12(2)10-23(5,34-8)11-13(3)19(30)24(6,26)22(32)35-15/h12-17,33H,9-11H2,1-8H3,(H2,27,28). The van der Waals surface area contributed by atoms with Crippen molar-refractivity contribution < 1.29 is 43.0 Å². The Kier molecular flexibility index (Phi) is 8.60. The summed E-state index contributed by atoms with van der Waals surface area (Å²) >= 11 is 0. The average molecular weight is 515 g/mol. The Morgan fingerprint density at radius 2 is 1.69 bits per heavy atom. The fourth-order valence-electron chi connectivity index (χ4n) is 6.03. The van der Waals surface area contributed by atoms with Crippen LogP contribution in [0.1, 0.15) is 67.7 Å². The molecule has 0 radical (unpaired) electrons. The number of methoxy groups -OCH3 is 1. The number of nitrogens with zero attached hydrogens (tertiary/aromatic N) is 1. The first kappa shape index (κ1) is 29.7. The molecule has 2 heterocycles. The van der Waals surface area contributed by atoms with Gasteiger partial charge in [0.1, 0.15) is 17.8 Å². The molecule has 0 amide bonds. The van der Waals surface area contributed by atoms with Gasteiger partial charge < -0.3 is 25.2 Å². The van der Waals surface area contributed by atoms with E-state index in [1.807, 2.05) is 0 Å². The van der Waals surface area contributed by atoms with Crippen LogP contribution >= 0.6 is 0 Å². The summed E-state index contributed by atoms with van der Waals surface area (Å²) in [6.07, 6.45) is -0.881. The number of cyclic esters (lactones) is 1. The van der Waals surface area contributed by atoms with Crippen molar-refractivity contribution in [3.05, 3.63) is 0 Å². The number of nitrogens with two attached hydrogens (primary N) is 1. The first-order chi connectivity index (χ1) is 16.5. The third-order valence-electron chi connectivity index (χ3n) is 8.02. The van der Waals surface area contributed by atoms with Crippen molar-refractivity contribution in [1.82, 2.24) is 0 Å². The topological polar surface area (TPSA) is 155 Å². The maximum atomic E-state index is 15.7. The molecule has 2 aliphatic heterocycles. The van der Waals surface area contributed by atoms with Crippen molar-refractivity contribution in [2.75, 3.05) is 7.11 Å². The number of Topliss-reactive ketones (excluding diaryl/α,β-unsaturated/α-hetero) is 2. The zero-order valence-corrected chi connectivity index (χ0v) is 22.3. The summed E-state index contributed by atoms with van der Waals surface area (Å²) in [6.45, 7) is 10.5. The number of ketones is 2. The first-order valence-corrected chi connectivity index (χ1v) is 12.2. The van der Waals surface area contributed by atoms with E-state index in [-0.39, 0.29) is 25.0 Å². The van der Waals surface area contributed by atoms with Gasteiger partial charge in [0.05, 0.1) is 5.60 Å². The minimum atomic E-state index is -2.97. The molecule has 0 saturated carbocycles. The number of hydrogen-bond acceptors (Lipinski definition) is 9. The molecule has 0 aromatic rings. The summed E-state index contributed by atoms with van der Waals surface area (Å²) in [5.41, 5.74) is 0.256. The highest BCUT2D eigenvalue weighted by molar-refractivity contribution is 6.07. The smallest absolute Gasteiger partial charge is 0.351 e. The average Bonchev–Trinajstić information content (AvgIpc) is 3.09. The maximum Gasteiger partial charge on any atom is 0.351 e. The highest BCUT2D eigenvalue weighted by Crippen LogP contribution is 2.48. The van der Waals surface area contributed by atoms with E-state index in [1.54, 1.807) is 27.7 Å². The van der Waals surface area contributed by atoms with Crippen LogP contribution in [0.3, 0.4) is 0 Å². The third kappa shape index (κ3) is 5.12. The Morgan fingerprint density at radius 1 is 1.14 bits per heavy atom. The lowest BCUT2D eigenvalue weighted by Crippen LogP contribution is -2.55. The van der Waals surface area contributed by atoms with E-state index in [0.717, 1.165) is 6.92 Å². The van der Waals surface area contributed by atoms with Crippen molar-refractivity contribution in [3.63, 3.8) is 0 Å². The van der Waals surface area contributed by atoms with E-state index < -0.39 is 76.1 Å². The normalized spacial score (nSPS) is 43.4. The monoisotopic (exact) mass is 514 g/mol. The van der Waals surface area contributed by atoms with Gasteiger partial charge in [-0.2, -0.15) is 0 Å². The van der Waals surface area contributed by atoms with Gasteiger partial charge in [-0.25, -0.2) is 9.18 Å². The van der Waals surface area contributed by atoms with Gasteiger partial charge in [-0.3, -0.25) is 14.4 Å². The molecule has 2 saturated heterocycles. The summed E-state index contributed by atoms with van der Waals surface area (Å²) in [4.78, 5) is 52.7. The van der Waals surface area contributed by atoms with Crippen LogP contribution in [0.4, 0.5) is 4.39 Å². The number of carbonyl (C=O) groups excluding carboxylic acids is 4. The number of hydrogen-bond donors (Lipinski definition) is 2. The van der Waals surface area contributed by atoms with Gasteiger partial charge >= 0.3 is 11.9 Å². The van der Waals surface area contributed by atoms with Gasteiger partial charge in [-0.05, 0) is 40.0 Å². The third-order valence-corrected chi connectivity index (χ3v) is 8.02. The van der Waals surface area contributed by atoms with Crippen LogP contribution in [0.5, 0.6) is 0 Å². The quantitative estimate of drug-likeness (QED) is 0.144. The lowest BCUT2D eigenvalue weighted by molar-refractivity contribution is -0.189. The number of alkyl halides is 1. The predicted octanol–water partition coefficient (Wildman–Crippen LogP) is 2.58. The molecule has 9 unspecified atom stereocenters. The van der Waals surface area contributed by atoms with E-state index in [0.29, 0.717) is 0 Å². The molecule has 0 bridgehead atoms. The van der Waals surface area contributed by atoms with E-state index in [9.17, 15) is 24.4 Å². The molecule has 11 heteroatoms. The number of halogens is 1. The maximum absolute atomic E-state index is 15.7. The second-order valence-electron chi connectivity index (χ2n) is 10.9. The van der Waals surface area contributed by atoms with Crippen LogP contribution in [0.15, 0.2) is 5.16 Å². The highest BCUT2D eigenvalue weighted by atomic mass is 19.1. The number of esters is 2. The molecule has 0 aromatic carbocycles. The van der Waals surface area contributed by atoms with Crippen LogP contribution in [0.25, 0.3) is 0 Å². The van der Waals surface area contributed by atoms with E-state index in [1.165, 1.54) is 21.0 Å². The molecule has 9 atom stereocenters. The molecule has 204 valence electrons. The molecular weight excluding hydrogens is 475 g/mol. The molecule has 10 nitrogen and oxygen atoms in total. The van der Waals surface area contributed by atoms with Crippen LogP contribution in [-0.2, 0) is 33.4 Å². The summed E-state index contributed by atoms with van der Waals surface area (Å²) in [6, 6.07) is 0. The first-order valence-electron chi connectivity index (χ1n) is 12.2. The summed E-state index contributed by atoms with van der Waals surface area (Å²) in [5.74, 6) is -8.65. The Bertz CT molecular complexity index is 937. The molecule has 2 aliphatic rings. The summed E-state index contributed by atoms with van der Waals surface area (Å²) in [7, 11) is 1.44. The minimum Gasteiger partial charge on any atom is -0.455 e. The summed E-state index contributed by atoms with van der Waals surface area (Å²) in [5, 5.41) is 12.3. The molecule has 2 rings (SSSR count). The van der Waals surface area contributed by atoms with E-state index in [2.05, 4.69) is 5.16 Å². The molecule has 36 heavy (non-hydrogen) atoms. The van der Waals surface area contributed by atoms with Gasteiger partial charge in [-0.15, -0.1) is 0 Å². The number of carbonyl (C=O) groups is 4.